The van der Waals surface area contributed by atoms with Crippen molar-refractivity contribution in [3.8, 4) is 0 Å². The van der Waals surface area contributed by atoms with Gasteiger partial charge < -0.3 is 21.1 Å². The summed E-state index contributed by atoms with van der Waals surface area (Å²) in [6.45, 7) is -0.275. The van der Waals surface area contributed by atoms with Crippen LogP contribution in [0.1, 0.15) is 10.4 Å². The van der Waals surface area contributed by atoms with E-state index < -0.39 is 23.7 Å². The van der Waals surface area contributed by atoms with Crippen molar-refractivity contribution in [2.75, 3.05) is 18.9 Å². The number of halogens is 1. The van der Waals surface area contributed by atoms with Gasteiger partial charge in [0, 0.05) is 7.05 Å². The van der Waals surface area contributed by atoms with Gasteiger partial charge in [0.15, 0.2) is 0 Å². The molecule has 0 aliphatic carbocycles. The van der Waals surface area contributed by atoms with Crippen LogP contribution in [0, 0.1) is 5.82 Å². The largest absolute Gasteiger partial charge is 0.478 e. The lowest BCUT2D eigenvalue weighted by Gasteiger charge is -2.08. The molecule has 0 fully saturated rings. The Bertz CT molecular complexity index is 519. The second kappa shape index (κ2) is 6.34. The molecule has 0 aromatic heterocycles. The van der Waals surface area contributed by atoms with Crippen LogP contribution in [0.2, 0.25) is 0 Å². The van der Waals surface area contributed by atoms with Crippen molar-refractivity contribution in [2.45, 2.75) is 0 Å². The summed E-state index contributed by atoms with van der Waals surface area (Å²) in [5.41, 5.74) is -0.447. The van der Waals surface area contributed by atoms with Gasteiger partial charge in [0.05, 0.1) is 17.8 Å². The molecular weight excluding hydrogens is 257 g/mol. The molecule has 1 aromatic rings. The summed E-state index contributed by atoms with van der Waals surface area (Å²) < 4.78 is 13.3. The predicted octanol–water partition coefficient (Wildman–Crippen LogP) is 0.391. The smallest absolute Gasteiger partial charge is 0.335 e. The van der Waals surface area contributed by atoms with Crippen molar-refractivity contribution in [2.24, 2.45) is 0 Å². The first-order valence-electron chi connectivity index (χ1n) is 5.22. The number of likely N-dealkylation sites (N-methyl/N-ethyl adjacent to an activating group) is 1. The molecule has 8 heteroatoms. The number of urea groups is 1. The molecule has 0 saturated heterocycles. The van der Waals surface area contributed by atoms with Crippen LogP contribution < -0.4 is 16.0 Å². The lowest BCUT2D eigenvalue weighted by Crippen LogP contribution is -2.37. The number of hydrogen-bond acceptors (Lipinski definition) is 3. The molecule has 1 aromatic carbocycles. The average Bonchev–Trinajstić information content (AvgIpc) is 2.38. The minimum atomic E-state index is -1.24. The van der Waals surface area contributed by atoms with Crippen LogP contribution in [0.15, 0.2) is 18.2 Å². The molecule has 19 heavy (non-hydrogen) atoms. The number of amides is 3. The summed E-state index contributed by atoms with van der Waals surface area (Å²) in [4.78, 5) is 32.9. The van der Waals surface area contributed by atoms with E-state index in [0.29, 0.717) is 0 Å². The standard InChI is InChI=1S/C11H12FN3O4/c1-13-9(16)5-14-11(19)15-8-4-6(10(17)18)2-3-7(8)12/h2-4H,5H2,1H3,(H,13,16)(H,17,18)(H2,14,15,19). The van der Waals surface area contributed by atoms with Crippen molar-refractivity contribution >= 4 is 23.6 Å². The van der Waals surface area contributed by atoms with Gasteiger partial charge in [-0.3, -0.25) is 4.79 Å². The molecule has 0 unspecified atom stereocenters. The van der Waals surface area contributed by atoms with Gasteiger partial charge in [-0.15, -0.1) is 0 Å². The summed E-state index contributed by atoms with van der Waals surface area (Å²) in [6.07, 6.45) is 0. The van der Waals surface area contributed by atoms with Crippen molar-refractivity contribution in [1.29, 1.82) is 0 Å². The number of carboxylic acids is 1. The summed E-state index contributed by atoms with van der Waals surface area (Å²) in [7, 11) is 1.40. The molecule has 0 atom stereocenters. The van der Waals surface area contributed by atoms with Crippen LogP contribution >= 0.6 is 0 Å². The average molecular weight is 269 g/mol. The monoisotopic (exact) mass is 269 g/mol. The highest BCUT2D eigenvalue weighted by Gasteiger charge is 2.11. The predicted molar refractivity (Wildman–Crippen MR) is 64.4 cm³/mol. The minimum absolute atomic E-state index is 0.164. The van der Waals surface area contributed by atoms with Crippen LogP contribution in [-0.4, -0.2) is 36.6 Å². The van der Waals surface area contributed by atoms with Gasteiger partial charge in [0.25, 0.3) is 0 Å². The molecule has 0 radical (unpaired) electrons. The lowest BCUT2D eigenvalue weighted by molar-refractivity contribution is -0.119. The summed E-state index contributed by atoms with van der Waals surface area (Å²) >= 11 is 0. The first kappa shape index (κ1) is 14.4. The van der Waals surface area contributed by atoms with Gasteiger partial charge in [0.2, 0.25) is 5.91 Å². The van der Waals surface area contributed by atoms with Crippen molar-refractivity contribution in [3.63, 3.8) is 0 Å². The van der Waals surface area contributed by atoms with E-state index >= 15 is 0 Å². The lowest BCUT2D eigenvalue weighted by atomic mass is 10.2. The molecule has 0 bridgehead atoms. The summed E-state index contributed by atoms with van der Waals surface area (Å²) in [5, 5.41) is 15.3. The minimum Gasteiger partial charge on any atom is -0.478 e. The fraction of sp³-hybridized carbons (Fsp3) is 0.182. The van der Waals surface area contributed by atoms with E-state index in [1.807, 2.05) is 0 Å². The topological polar surface area (TPSA) is 108 Å². The van der Waals surface area contributed by atoms with Crippen molar-refractivity contribution in [1.82, 2.24) is 10.6 Å². The first-order chi connectivity index (χ1) is 8.93. The van der Waals surface area contributed by atoms with Gasteiger partial charge in [-0.2, -0.15) is 0 Å². The Kier molecular flexibility index (Phi) is 4.81. The van der Waals surface area contributed by atoms with E-state index in [2.05, 4.69) is 16.0 Å². The van der Waals surface area contributed by atoms with E-state index in [1.54, 1.807) is 0 Å². The van der Waals surface area contributed by atoms with Gasteiger partial charge in [-0.25, -0.2) is 14.0 Å². The van der Waals surface area contributed by atoms with E-state index in [-0.39, 0.29) is 17.8 Å². The summed E-state index contributed by atoms with van der Waals surface area (Å²) in [5.74, 6) is -2.44. The van der Waals surface area contributed by atoms with E-state index in [4.69, 9.17) is 5.11 Å². The molecule has 0 aliphatic rings. The number of carbonyl (C=O) groups excluding carboxylic acids is 2. The third-order valence-corrected chi connectivity index (χ3v) is 2.15. The van der Waals surface area contributed by atoms with Crippen LogP contribution in [-0.2, 0) is 4.79 Å². The third-order valence-electron chi connectivity index (χ3n) is 2.15. The van der Waals surface area contributed by atoms with E-state index in [0.717, 1.165) is 18.2 Å². The maximum atomic E-state index is 13.3. The molecule has 1 rings (SSSR count). The highest BCUT2D eigenvalue weighted by atomic mass is 19.1. The Balaban J connectivity index is 2.70. The van der Waals surface area contributed by atoms with Gasteiger partial charge in [-0.05, 0) is 18.2 Å². The highest BCUT2D eigenvalue weighted by molar-refractivity contribution is 5.94. The number of aromatic carboxylic acids is 1. The fourth-order valence-corrected chi connectivity index (χ4v) is 1.17. The molecule has 3 amide bonds. The highest BCUT2D eigenvalue weighted by Crippen LogP contribution is 2.16. The van der Waals surface area contributed by atoms with Crippen LogP contribution in [0.5, 0.6) is 0 Å². The number of anilines is 1. The van der Waals surface area contributed by atoms with Crippen LogP contribution in [0.25, 0.3) is 0 Å². The van der Waals surface area contributed by atoms with Crippen LogP contribution in [0.3, 0.4) is 0 Å². The zero-order valence-electron chi connectivity index (χ0n) is 9.99. The number of rotatable bonds is 4. The maximum Gasteiger partial charge on any atom is 0.335 e. The third kappa shape index (κ3) is 4.26. The fourth-order valence-electron chi connectivity index (χ4n) is 1.17. The molecule has 0 aliphatic heterocycles. The molecule has 7 nitrogen and oxygen atoms in total. The zero-order chi connectivity index (χ0) is 14.4. The Morgan fingerprint density at radius 3 is 2.58 bits per heavy atom. The maximum absolute atomic E-state index is 13.3. The second-order valence-electron chi connectivity index (χ2n) is 3.48. The van der Waals surface area contributed by atoms with Crippen molar-refractivity contribution < 1.29 is 23.9 Å². The first-order valence-corrected chi connectivity index (χ1v) is 5.22. The van der Waals surface area contributed by atoms with Crippen LogP contribution in [0.4, 0.5) is 14.9 Å². The Morgan fingerprint density at radius 2 is 2.00 bits per heavy atom. The molecule has 0 saturated carbocycles. The second-order valence-corrected chi connectivity index (χ2v) is 3.48. The Labute approximate surface area is 107 Å². The van der Waals surface area contributed by atoms with Crippen molar-refractivity contribution in [3.05, 3.63) is 29.6 Å². The van der Waals surface area contributed by atoms with E-state index in [9.17, 15) is 18.8 Å². The Hall–Kier alpha value is -2.64. The number of hydrogen-bond donors (Lipinski definition) is 4. The molecule has 0 spiro atoms. The number of nitrogens with one attached hydrogen (secondary N) is 3. The zero-order valence-corrected chi connectivity index (χ0v) is 9.99. The molecule has 102 valence electrons. The summed E-state index contributed by atoms with van der Waals surface area (Å²) in [6, 6.07) is 2.17. The molecule has 0 heterocycles. The number of carboxylic acid groups (broad SMARTS) is 1. The quantitative estimate of drug-likeness (QED) is 0.634. The number of benzene rings is 1. The molecular formula is C11H12FN3O4. The van der Waals surface area contributed by atoms with E-state index in [1.165, 1.54) is 7.05 Å². The van der Waals surface area contributed by atoms with Gasteiger partial charge >= 0.3 is 12.0 Å². The van der Waals surface area contributed by atoms with Gasteiger partial charge in [0.1, 0.15) is 5.82 Å². The normalized spacial score (nSPS) is 9.58. The molecule has 4 N–H and O–H groups in total. The number of carbonyl (C=O) groups is 3. The van der Waals surface area contributed by atoms with Gasteiger partial charge in [-0.1, -0.05) is 0 Å². The SMILES string of the molecule is CNC(=O)CNC(=O)Nc1cc(C(=O)O)ccc1F. The Morgan fingerprint density at radius 1 is 1.32 bits per heavy atom.